The highest BCUT2D eigenvalue weighted by Crippen LogP contribution is 2.41. The van der Waals surface area contributed by atoms with E-state index in [4.69, 9.17) is 14.2 Å². The van der Waals surface area contributed by atoms with Crippen molar-refractivity contribution in [3.63, 3.8) is 0 Å². The average molecular weight is 924 g/mol. The van der Waals surface area contributed by atoms with Crippen LogP contribution >= 0.6 is 0 Å². The molecule has 0 saturated carbocycles. The Morgan fingerprint density at radius 3 is 0.838 bits per heavy atom. The van der Waals surface area contributed by atoms with Crippen LogP contribution in [0.1, 0.15) is 108 Å². The van der Waals surface area contributed by atoms with Gasteiger partial charge >= 0.3 is 0 Å². The Balaban J connectivity index is 1.91. The molecule has 0 unspecified atom stereocenters. The summed E-state index contributed by atoms with van der Waals surface area (Å²) in [6.07, 6.45) is 10.9. The molecule has 4 aromatic carbocycles. The van der Waals surface area contributed by atoms with Crippen LogP contribution in [0.25, 0.3) is 0 Å². The number of hydrogen-bond donors (Lipinski definition) is 1. The number of ether oxygens (including phenoxy) is 3. The van der Waals surface area contributed by atoms with Gasteiger partial charge in [0.2, 0.25) is 0 Å². The number of carbonyl (C=O) groups is 3. The lowest BCUT2D eigenvalue weighted by atomic mass is 9.87. The van der Waals surface area contributed by atoms with E-state index >= 15 is 0 Å². The zero-order valence-electron chi connectivity index (χ0n) is 41.5. The second-order valence-corrected chi connectivity index (χ2v) is 17.2. The predicted molar refractivity (Wildman–Crippen MR) is 275 cm³/mol. The van der Waals surface area contributed by atoms with Crippen molar-refractivity contribution < 1.29 is 33.7 Å². The normalized spacial score (nSPS) is 11.8. The largest absolute Gasteiger partial charge is 0.507 e. The van der Waals surface area contributed by atoms with Crippen LogP contribution in [0, 0.1) is 0 Å². The van der Waals surface area contributed by atoms with Gasteiger partial charge in [-0.1, -0.05) is 72.8 Å². The molecule has 0 aromatic heterocycles. The number of nitrogens with zero attached hydrogens (tertiary/aromatic N) is 3. The third kappa shape index (κ3) is 13.1. The van der Waals surface area contributed by atoms with E-state index in [0.717, 1.165) is 55.6 Å². The van der Waals surface area contributed by atoms with E-state index < -0.39 is 0 Å². The number of amides is 3. The fraction of sp³-hybridized carbons (Fsp3) is 0.397. The highest BCUT2D eigenvalue weighted by Gasteiger charge is 2.26. The molecule has 4 aromatic rings. The van der Waals surface area contributed by atoms with E-state index in [2.05, 4.69) is 62.7 Å². The van der Waals surface area contributed by atoms with Crippen LogP contribution in [0.4, 0.5) is 0 Å². The van der Waals surface area contributed by atoms with Crippen molar-refractivity contribution in [2.45, 2.75) is 92.9 Å². The third-order valence-electron chi connectivity index (χ3n) is 12.6. The van der Waals surface area contributed by atoms with Crippen LogP contribution < -0.4 is 14.2 Å². The Kier molecular flexibility index (Phi) is 19.7. The third-order valence-corrected chi connectivity index (χ3v) is 12.6. The lowest BCUT2D eigenvalue weighted by Crippen LogP contribution is -2.34. The number of hydrogen-bond acceptors (Lipinski definition) is 7. The molecule has 362 valence electrons. The van der Waals surface area contributed by atoms with Crippen LogP contribution in [0.3, 0.4) is 0 Å². The van der Waals surface area contributed by atoms with Gasteiger partial charge in [0.05, 0.1) is 0 Å². The molecule has 0 fully saturated rings. The Labute approximate surface area is 405 Å². The van der Waals surface area contributed by atoms with Crippen LogP contribution in [0.5, 0.6) is 23.0 Å². The quantitative estimate of drug-likeness (QED) is 0.0651. The van der Waals surface area contributed by atoms with Crippen molar-refractivity contribution in [2.24, 2.45) is 0 Å². The number of allylic oxidation sites excluding steroid dienone is 4. The first-order valence-electron chi connectivity index (χ1n) is 24.3. The highest BCUT2D eigenvalue weighted by molar-refractivity contribution is 5.79. The number of fused-ring (bicyclic) bond motifs is 8. The van der Waals surface area contributed by atoms with Gasteiger partial charge in [-0.15, -0.1) is 26.3 Å². The van der Waals surface area contributed by atoms with Crippen LogP contribution in [-0.4, -0.2) is 96.6 Å². The molecule has 0 heterocycles. The Morgan fingerprint density at radius 1 is 0.426 bits per heavy atom. The maximum absolute atomic E-state index is 13.7. The fourth-order valence-corrected chi connectivity index (χ4v) is 9.29. The molecule has 1 aliphatic carbocycles. The van der Waals surface area contributed by atoms with Gasteiger partial charge in [0, 0.05) is 65.0 Å². The second-order valence-electron chi connectivity index (χ2n) is 17.2. The number of benzene rings is 4. The van der Waals surface area contributed by atoms with E-state index in [9.17, 15) is 19.5 Å². The van der Waals surface area contributed by atoms with Gasteiger partial charge < -0.3 is 34.0 Å². The molecule has 10 nitrogen and oxygen atoms in total. The summed E-state index contributed by atoms with van der Waals surface area (Å²) >= 11 is 0. The van der Waals surface area contributed by atoms with Gasteiger partial charge in [0.15, 0.2) is 19.8 Å². The summed E-state index contributed by atoms with van der Waals surface area (Å²) in [5, 5.41) is 12.4. The molecule has 5 rings (SSSR count). The lowest BCUT2D eigenvalue weighted by Gasteiger charge is -2.25. The van der Waals surface area contributed by atoms with Crippen molar-refractivity contribution in [2.75, 3.05) is 59.1 Å². The van der Waals surface area contributed by atoms with E-state index in [0.29, 0.717) is 106 Å². The van der Waals surface area contributed by atoms with Gasteiger partial charge in [-0.25, -0.2) is 0 Å². The monoisotopic (exact) mass is 924 g/mol. The molecule has 0 radical (unpaired) electrons. The predicted octanol–water partition coefficient (Wildman–Crippen LogP) is 9.72. The summed E-state index contributed by atoms with van der Waals surface area (Å²) in [4.78, 5) is 46.3. The molecule has 68 heavy (non-hydrogen) atoms. The summed E-state index contributed by atoms with van der Waals surface area (Å²) in [6.45, 7) is 30.7. The number of phenols is 1. The van der Waals surface area contributed by atoms with E-state index in [-0.39, 0.29) is 56.1 Å². The minimum atomic E-state index is -0.184. The summed E-state index contributed by atoms with van der Waals surface area (Å²) in [5.41, 5.74) is 10.2. The average Bonchev–Trinajstić information content (AvgIpc) is 3.31. The summed E-state index contributed by atoms with van der Waals surface area (Å²) in [5.74, 6) is 1.40. The minimum absolute atomic E-state index is 0.134. The maximum Gasteiger partial charge on any atom is 0.260 e. The van der Waals surface area contributed by atoms with Crippen LogP contribution in [0.15, 0.2) is 99.2 Å². The van der Waals surface area contributed by atoms with Crippen molar-refractivity contribution in [1.82, 2.24) is 14.7 Å². The molecule has 10 heteroatoms. The topological polar surface area (TPSA) is 109 Å². The molecule has 1 N–H and O–H groups in total. The van der Waals surface area contributed by atoms with Crippen LogP contribution in [-0.2, 0) is 65.8 Å². The van der Waals surface area contributed by atoms with Gasteiger partial charge in [0.25, 0.3) is 17.7 Å². The van der Waals surface area contributed by atoms with E-state index in [1.54, 1.807) is 14.7 Å². The van der Waals surface area contributed by atoms with Gasteiger partial charge in [0.1, 0.15) is 23.0 Å². The van der Waals surface area contributed by atoms with Crippen molar-refractivity contribution >= 4 is 17.7 Å². The summed E-state index contributed by atoms with van der Waals surface area (Å²) in [6, 6.07) is 16.6. The molecular weight excluding hydrogens is 851 g/mol. The Morgan fingerprint density at radius 2 is 0.632 bits per heavy atom. The number of aromatic hydroxyl groups is 1. The second kappa shape index (κ2) is 25.5. The summed E-state index contributed by atoms with van der Waals surface area (Å²) < 4.78 is 20.2. The first-order valence-corrected chi connectivity index (χ1v) is 24.3. The SMILES string of the molecule is C=CCc1cc2c(O)c(c1)Cc1cc(CC=C)cc(c1OCC(=O)N(CC)CC)Cc1cc(CC=C)cc(c1OCC(=O)N(CC)CC)Cc1cc(CC=C)cc(c1OCC(=O)N(CC)CC)C2. The highest BCUT2D eigenvalue weighted by atomic mass is 16.5. The smallest absolute Gasteiger partial charge is 0.260 e. The van der Waals surface area contributed by atoms with E-state index in [1.807, 2.05) is 78.0 Å². The Bertz CT molecular complexity index is 2320. The standard InChI is InChI=1S/C58H73N3O7/c1-11-21-40-25-44-33-46-27-41(22-12-2)29-48(56(46)66-37-52(62)59(15-5)16-6)35-50-31-43(24-14-4)32-51(58(50)68-39-54(64)61(19-9)20-10)36-49-30-42(23-13-3)28-47(34-45(26-40)55(44)65)57(49)67-38-53(63)60(17-7)18-8/h11-14,25-32,65H,1-4,15-24,33-39H2,5-10H3. The zero-order chi connectivity index (χ0) is 49.3. The van der Waals surface area contributed by atoms with Crippen molar-refractivity contribution in [1.29, 1.82) is 0 Å². The van der Waals surface area contributed by atoms with Crippen molar-refractivity contribution in [3.8, 4) is 23.0 Å². The summed E-state index contributed by atoms with van der Waals surface area (Å²) in [7, 11) is 0. The number of phenolic OH excluding ortho intramolecular Hbond substituents is 1. The molecular formula is C58H73N3O7. The van der Waals surface area contributed by atoms with Gasteiger partial charge in [-0.2, -0.15) is 0 Å². The van der Waals surface area contributed by atoms with E-state index in [1.165, 1.54) is 0 Å². The lowest BCUT2D eigenvalue weighted by molar-refractivity contribution is -0.133. The molecule has 0 aliphatic heterocycles. The zero-order valence-corrected chi connectivity index (χ0v) is 41.5. The molecule has 1 aliphatic rings. The van der Waals surface area contributed by atoms with Gasteiger partial charge in [-0.05, 0) is 134 Å². The minimum Gasteiger partial charge on any atom is -0.507 e. The Hall–Kier alpha value is -6.55. The maximum atomic E-state index is 13.7. The fourth-order valence-electron chi connectivity index (χ4n) is 9.29. The first kappa shape index (κ1) is 52.4. The van der Waals surface area contributed by atoms with Gasteiger partial charge in [-0.3, -0.25) is 14.4 Å². The van der Waals surface area contributed by atoms with Crippen LogP contribution in [0.2, 0.25) is 0 Å². The molecule has 8 bridgehead atoms. The number of carbonyl (C=O) groups excluding carboxylic acids is 3. The first-order chi connectivity index (χ1) is 32.9. The number of rotatable bonds is 23. The molecule has 0 saturated heterocycles. The molecule has 0 spiro atoms. The molecule has 3 amide bonds. The molecule has 0 atom stereocenters. The van der Waals surface area contributed by atoms with Crippen molar-refractivity contribution in [3.05, 3.63) is 166 Å². The number of likely N-dealkylation sites (N-methyl/N-ethyl adjacent to an activating group) is 3.